The maximum absolute atomic E-state index is 3.36. The fourth-order valence-electron chi connectivity index (χ4n) is 4.07. The summed E-state index contributed by atoms with van der Waals surface area (Å²) < 4.78 is 0. The molecule has 2 N–H and O–H groups in total. The number of piperazine rings is 1. The topological polar surface area (TPSA) is 33.8 Å². The van der Waals surface area contributed by atoms with Gasteiger partial charge in [0, 0.05) is 57.0 Å². The summed E-state index contributed by atoms with van der Waals surface area (Å²) in [4.78, 5) is 7.62. The molecule has 1 aromatic rings. The molecule has 0 aliphatic carbocycles. The Kier molecular flexibility index (Phi) is 6.70. The van der Waals surface area contributed by atoms with E-state index in [1.165, 1.54) is 44.8 Å². The van der Waals surface area contributed by atoms with Gasteiger partial charge in [0.15, 0.2) is 0 Å². The SMILES string of the molecule is CC1NNC(C)C1CCN(C)CCN1CCN(c2ccccc2)CC1. The molecule has 5 heteroatoms. The zero-order valence-corrected chi connectivity index (χ0v) is 16.1. The highest BCUT2D eigenvalue weighted by atomic mass is 15.4. The summed E-state index contributed by atoms with van der Waals surface area (Å²) in [5.74, 6) is 0.733. The van der Waals surface area contributed by atoms with Crippen molar-refractivity contribution < 1.29 is 0 Å². The average molecular weight is 346 g/mol. The normalized spacial score (nSPS) is 28.0. The van der Waals surface area contributed by atoms with Crippen LogP contribution in [0.1, 0.15) is 20.3 Å². The Labute approximate surface area is 153 Å². The van der Waals surface area contributed by atoms with Gasteiger partial charge in [-0.05, 0) is 51.9 Å². The monoisotopic (exact) mass is 345 g/mol. The van der Waals surface area contributed by atoms with Crippen LogP contribution in [0.15, 0.2) is 30.3 Å². The van der Waals surface area contributed by atoms with Crippen molar-refractivity contribution in [2.24, 2.45) is 5.92 Å². The molecule has 0 radical (unpaired) electrons. The van der Waals surface area contributed by atoms with Crippen LogP contribution in [-0.2, 0) is 0 Å². The first-order chi connectivity index (χ1) is 12.1. The molecule has 2 aliphatic rings. The number of hydrazine groups is 1. The predicted molar refractivity (Wildman–Crippen MR) is 106 cm³/mol. The molecule has 2 fully saturated rings. The lowest BCUT2D eigenvalue weighted by molar-refractivity contribution is 0.207. The number of benzene rings is 1. The number of nitrogens with zero attached hydrogens (tertiary/aromatic N) is 3. The van der Waals surface area contributed by atoms with Gasteiger partial charge in [-0.25, -0.2) is 0 Å². The fourth-order valence-corrected chi connectivity index (χ4v) is 4.07. The van der Waals surface area contributed by atoms with Crippen LogP contribution in [0.3, 0.4) is 0 Å². The molecule has 25 heavy (non-hydrogen) atoms. The van der Waals surface area contributed by atoms with Crippen molar-refractivity contribution >= 4 is 5.69 Å². The third kappa shape index (κ3) is 5.17. The van der Waals surface area contributed by atoms with E-state index in [1.54, 1.807) is 0 Å². The van der Waals surface area contributed by atoms with Gasteiger partial charge in [0.05, 0.1) is 0 Å². The van der Waals surface area contributed by atoms with Crippen LogP contribution in [0.25, 0.3) is 0 Å². The zero-order valence-electron chi connectivity index (χ0n) is 16.1. The van der Waals surface area contributed by atoms with E-state index in [-0.39, 0.29) is 0 Å². The Hall–Kier alpha value is -1.14. The maximum Gasteiger partial charge on any atom is 0.0367 e. The van der Waals surface area contributed by atoms with Crippen LogP contribution in [0, 0.1) is 5.92 Å². The van der Waals surface area contributed by atoms with Gasteiger partial charge < -0.3 is 9.80 Å². The summed E-state index contributed by atoms with van der Waals surface area (Å²) in [6, 6.07) is 12.0. The molecule has 2 aliphatic heterocycles. The van der Waals surface area contributed by atoms with Gasteiger partial charge in [-0.1, -0.05) is 18.2 Å². The summed E-state index contributed by atoms with van der Waals surface area (Å²) in [5, 5.41) is 0. The number of rotatable bonds is 7. The fraction of sp³-hybridized carbons (Fsp3) is 0.700. The van der Waals surface area contributed by atoms with Crippen molar-refractivity contribution in [2.45, 2.75) is 32.4 Å². The minimum atomic E-state index is 0.578. The molecule has 2 saturated heterocycles. The Bertz CT molecular complexity index is 490. The summed E-state index contributed by atoms with van der Waals surface area (Å²) in [5.41, 5.74) is 8.09. The highest BCUT2D eigenvalue weighted by molar-refractivity contribution is 5.46. The van der Waals surface area contributed by atoms with Gasteiger partial charge in [0.2, 0.25) is 0 Å². The molecule has 0 aromatic heterocycles. The molecule has 0 saturated carbocycles. The first-order valence-corrected chi connectivity index (χ1v) is 9.85. The van der Waals surface area contributed by atoms with Gasteiger partial charge in [0.1, 0.15) is 0 Å². The molecule has 1 aromatic carbocycles. The second kappa shape index (κ2) is 8.99. The first kappa shape index (κ1) is 18.6. The summed E-state index contributed by atoms with van der Waals surface area (Å²) in [6.45, 7) is 12.7. The van der Waals surface area contributed by atoms with Crippen molar-refractivity contribution in [1.82, 2.24) is 20.7 Å². The van der Waals surface area contributed by atoms with Crippen molar-refractivity contribution in [3.8, 4) is 0 Å². The molecular weight excluding hydrogens is 310 g/mol. The van der Waals surface area contributed by atoms with Crippen LogP contribution < -0.4 is 15.8 Å². The quantitative estimate of drug-likeness (QED) is 0.785. The van der Waals surface area contributed by atoms with Gasteiger partial charge in [-0.2, -0.15) is 0 Å². The minimum absolute atomic E-state index is 0.578. The lowest BCUT2D eigenvalue weighted by Gasteiger charge is -2.36. The van der Waals surface area contributed by atoms with E-state index in [4.69, 9.17) is 0 Å². The molecule has 2 unspecified atom stereocenters. The molecule has 2 heterocycles. The van der Waals surface area contributed by atoms with Gasteiger partial charge in [-0.3, -0.25) is 15.8 Å². The number of likely N-dealkylation sites (N-methyl/N-ethyl adjacent to an activating group) is 1. The van der Waals surface area contributed by atoms with Crippen LogP contribution >= 0.6 is 0 Å². The first-order valence-electron chi connectivity index (χ1n) is 9.85. The van der Waals surface area contributed by atoms with Crippen LogP contribution in [0.5, 0.6) is 0 Å². The van der Waals surface area contributed by atoms with Gasteiger partial charge in [-0.15, -0.1) is 0 Å². The number of nitrogens with one attached hydrogen (secondary N) is 2. The van der Waals surface area contributed by atoms with Crippen LogP contribution in [-0.4, -0.2) is 74.7 Å². The Balaban J connectivity index is 1.33. The number of anilines is 1. The van der Waals surface area contributed by atoms with Crippen molar-refractivity contribution in [3.63, 3.8) is 0 Å². The minimum Gasteiger partial charge on any atom is -0.369 e. The predicted octanol–water partition coefficient (Wildman–Crippen LogP) is 1.63. The molecule has 5 nitrogen and oxygen atoms in total. The van der Waals surface area contributed by atoms with E-state index < -0.39 is 0 Å². The Morgan fingerprint density at radius 2 is 1.60 bits per heavy atom. The summed E-state index contributed by atoms with van der Waals surface area (Å²) in [7, 11) is 2.27. The van der Waals surface area contributed by atoms with E-state index >= 15 is 0 Å². The third-order valence-electron chi connectivity index (χ3n) is 5.96. The van der Waals surface area contributed by atoms with Crippen LogP contribution in [0.2, 0.25) is 0 Å². The molecular formula is C20H35N5. The second-order valence-electron chi connectivity index (χ2n) is 7.79. The van der Waals surface area contributed by atoms with E-state index in [9.17, 15) is 0 Å². The highest BCUT2D eigenvalue weighted by Crippen LogP contribution is 2.19. The molecule has 3 rings (SSSR count). The molecule has 2 atom stereocenters. The standard InChI is InChI=1S/C20H35N5/c1-17-20(18(2)22-21-17)9-10-23(3)11-12-24-13-15-25(16-14-24)19-7-5-4-6-8-19/h4-8,17-18,20-22H,9-16H2,1-3H3. The second-order valence-corrected chi connectivity index (χ2v) is 7.79. The van der Waals surface area contributed by atoms with E-state index in [0.29, 0.717) is 12.1 Å². The van der Waals surface area contributed by atoms with E-state index in [0.717, 1.165) is 19.0 Å². The molecule has 140 valence electrons. The summed E-state index contributed by atoms with van der Waals surface area (Å²) in [6.07, 6.45) is 1.26. The van der Waals surface area contributed by atoms with Crippen molar-refractivity contribution in [1.29, 1.82) is 0 Å². The lowest BCUT2D eigenvalue weighted by Crippen LogP contribution is -2.48. The maximum atomic E-state index is 3.36. The molecule has 0 amide bonds. The summed E-state index contributed by atoms with van der Waals surface area (Å²) >= 11 is 0. The van der Waals surface area contributed by atoms with Gasteiger partial charge in [0.25, 0.3) is 0 Å². The lowest BCUT2D eigenvalue weighted by atomic mass is 9.93. The highest BCUT2D eigenvalue weighted by Gasteiger charge is 2.29. The van der Waals surface area contributed by atoms with E-state index in [1.807, 2.05) is 0 Å². The Morgan fingerprint density at radius 1 is 0.960 bits per heavy atom. The van der Waals surface area contributed by atoms with Gasteiger partial charge >= 0.3 is 0 Å². The zero-order chi connectivity index (χ0) is 17.6. The van der Waals surface area contributed by atoms with E-state index in [2.05, 4.69) is 76.8 Å². The van der Waals surface area contributed by atoms with Crippen molar-refractivity contribution in [2.75, 3.05) is 57.8 Å². The molecule has 0 bridgehead atoms. The largest absolute Gasteiger partial charge is 0.369 e. The van der Waals surface area contributed by atoms with Crippen LogP contribution in [0.4, 0.5) is 5.69 Å². The smallest absolute Gasteiger partial charge is 0.0367 e. The molecule has 0 spiro atoms. The number of para-hydroxylation sites is 1. The number of hydrogen-bond acceptors (Lipinski definition) is 5. The number of hydrogen-bond donors (Lipinski definition) is 2. The Morgan fingerprint density at radius 3 is 2.24 bits per heavy atom. The van der Waals surface area contributed by atoms with Crippen molar-refractivity contribution in [3.05, 3.63) is 30.3 Å². The third-order valence-corrected chi connectivity index (χ3v) is 5.96. The average Bonchev–Trinajstić information content (AvgIpc) is 2.97.